The van der Waals surface area contributed by atoms with Crippen molar-refractivity contribution in [3.05, 3.63) is 53.6 Å². The average molecular weight is 422 g/mol. The van der Waals surface area contributed by atoms with E-state index in [9.17, 15) is 14.4 Å². The Morgan fingerprint density at radius 1 is 0.968 bits per heavy atom. The van der Waals surface area contributed by atoms with E-state index in [1.54, 1.807) is 31.2 Å². The van der Waals surface area contributed by atoms with E-state index in [0.717, 1.165) is 24.9 Å². The number of nitrogens with one attached hydrogen (secondary N) is 3. The number of hydrogen-bond donors (Lipinski definition) is 3. The first kappa shape index (κ1) is 22.0. The largest absolute Gasteiger partial charge is 0.497 e. The van der Waals surface area contributed by atoms with Gasteiger partial charge in [0.25, 0.3) is 0 Å². The van der Waals surface area contributed by atoms with Crippen molar-refractivity contribution >= 4 is 34.8 Å². The first-order chi connectivity index (χ1) is 15.0. The van der Waals surface area contributed by atoms with E-state index in [1.165, 1.54) is 24.7 Å². The fourth-order valence-electron chi connectivity index (χ4n) is 3.42. The van der Waals surface area contributed by atoms with E-state index in [2.05, 4.69) is 27.2 Å². The molecule has 0 radical (unpaired) electrons. The van der Waals surface area contributed by atoms with Crippen LogP contribution in [0.3, 0.4) is 0 Å². The lowest BCUT2D eigenvalue weighted by Crippen LogP contribution is -2.33. The zero-order valence-electron chi connectivity index (χ0n) is 17.7. The van der Waals surface area contributed by atoms with Crippen LogP contribution in [0.1, 0.15) is 37.3 Å². The molecule has 31 heavy (non-hydrogen) atoms. The highest BCUT2D eigenvalue weighted by atomic mass is 16.5. The van der Waals surface area contributed by atoms with Gasteiger partial charge in [-0.2, -0.15) is 5.10 Å². The molecule has 3 N–H and O–H groups in total. The first-order valence-corrected chi connectivity index (χ1v) is 10.2. The maximum Gasteiger partial charge on any atom is 0.329 e. The van der Waals surface area contributed by atoms with Crippen molar-refractivity contribution in [3.8, 4) is 5.75 Å². The Morgan fingerprint density at radius 3 is 2.45 bits per heavy atom. The summed E-state index contributed by atoms with van der Waals surface area (Å²) in [5, 5.41) is 9.25. The van der Waals surface area contributed by atoms with Crippen LogP contribution >= 0.6 is 0 Å². The summed E-state index contributed by atoms with van der Waals surface area (Å²) in [6, 6.07) is 12.5. The van der Waals surface area contributed by atoms with Crippen LogP contribution in [0.15, 0.2) is 47.6 Å². The van der Waals surface area contributed by atoms with Crippen LogP contribution in [-0.2, 0) is 27.2 Å². The van der Waals surface area contributed by atoms with Gasteiger partial charge in [-0.1, -0.05) is 12.1 Å². The van der Waals surface area contributed by atoms with Crippen molar-refractivity contribution in [2.45, 2.75) is 39.0 Å². The number of hydrogen-bond acceptors (Lipinski definition) is 5. The number of aryl methyl sites for hydroxylation is 1. The lowest BCUT2D eigenvalue weighted by Gasteiger charge is -2.19. The predicted molar refractivity (Wildman–Crippen MR) is 119 cm³/mol. The second kappa shape index (κ2) is 10.4. The summed E-state index contributed by atoms with van der Waals surface area (Å²) in [5.74, 6) is -1.37. The standard InChI is InChI=1S/C23H26N4O4/c1-15(14-21(28)25-20-9-5-7-16-6-3-4-8-19(16)20)26-27-23(30)22(29)24-17-10-12-18(31-2)13-11-17/h5,7,9-13H,3-4,6,8,14H2,1-2H3,(H,24,29)(H,25,28)(H,27,30)/b26-15-. The molecule has 0 bridgehead atoms. The van der Waals surface area contributed by atoms with E-state index in [1.807, 2.05) is 12.1 Å². The van der Waals surface area contributed by atoms with Crippen LogP contribution in [0, 0.1) is 0 Å². The average Bonchev–Trinajstić information content (AvgIpc) is 2.78. The zero-order chi connectivity index (χ0) is 22.2. The van der Waals surface area contributed by atoms with Crippen LogP contribution in [0.2, 0.25) is 0 Å². The maximum atomic E-state index is 12.4. The number of fused-ring (bicyclic) bond motifs is 1. The predicted octanol–water partition coefficient (Wildman–Crippen LogP) is 3.03. The van der Waals surface area contributed by atoms with Gasteiger partial charge in [0.15, 0.2) is 0 Å². The topological polar surface area (TPSA) is 109 Å². The molecule has 8 nitrogen and oxygen atoms in total. The van der Waals surface area contributed by atoms with Gasteiger partial charge in [0, 0.05) is 17.1 Å². The Bertz CT molecular complexity index is 999. The summed E-state index contributed by atoms with van der Waals surface area (Å²) in [5.41, 5.74) is 6.32. The van der Waals surface area contributed by atoms with Crippen molar-refractivity contribution in [2.75, 3.05) is 17.7 Å². The second-order valence-electron chi connectivity index (χ2n) is 7.35. The molecule has 0 spiro atoms. The Kier molecular flexibility index (Phi) is 7.37. The number of ether oxygens (including phenoxy) is 1. The monoisotopic (exact) mass is 422 g/mol. The van der Waals surface area contributed by atoms with Crippen LogP contribution in [-0.4, -0.2) is 30.5 Å². The van der Waals surface area contributed by atoms with Gasteiger partial charge in [-0.05, 0) is 74.1 Å². The molecule has 0 unspecified atom stereocenters. The van der Waals surface area contributed by atoms with Gasteiger partial charge in [-0.3, -0.25) is 14.4 Å². The van der Waals surface area contributed by atoms with Gasteiger partial charge in [0.05, 0.1) is 13.5 Å². The highest BCUT2D eigenvalue weighted by molar-refractivity contribution is 6.39. The number of rotatable bonds is 6. The molecule has 0 aromatic heterocycles. The Balaban J connectivity index is 1.50. The third-order valence-electron chi connectivity index (χ3n) is 4.99. The van der Waals surface area contributed by atoms with Crippen molar-refractivity contribution in [1.82, 2.24) is 5.43 Å². The minimum atomic E-state index is -0.923. The molecule has 3 rings (SSSR count). The zero-order valence-corrected chi connectivity index (χ0v) is 17.7. The SMILES string of the molecule is COc1ccc(NC(=O)C(=O)N/N=C(/C)CC(=O)Nc2cccc3c2CCCC3)cc1. The summed E-state index contributed by atoms with van der Waals surface area (Å²) in [4.78, 5) is 36.3. The third kappa shape index (κ3) is 6.15. The quantitative estimate of drug-likeness (QED) is 0.378. The van der Waals surface area contributed by atoms with E-state index in [-0.39, 0.29) is 12.3 Å². The third-order valence-corrected chi connectivity index (χ3v) is 4.99. The highest BCUT2D eigenvalue weighted by Crippen LogP contribution is 2.27. The molecule has 2 aromatic carbocycles. The lowest BCUT2D eigenvalue weighted by molar-refractivity contribution is -0.136. The number of hydrazone groups is 1. The second-order valence-corrected chi connectivity index (χ2v) is 7.35. The summed E-state index contributed by atoms with van der Waals surface area (Å²) in [6.45, 7) is 1.61. The molecule has 1 aliphatic rings. The molecule has 0 atom stereocenters. The smallest absolute Gasteiger partial charge is 0.329 e. The molecule has 3 amide bonds. The number of benzene rings is 2. The number of methoxy groups -OCH3 is 1. The van der Waals surface area contributed by atoms with Gasteiger partial charge in [-0.25, -0.2) is 5.43 Å². The molecule has 2 aromatic rings. The van der Waals surface area contributed by atoms with E-state index >= 15 is 0 Å². The van der Waals surface area contributed by atoms with Crippen molar-refractivity contribution in [3.63, 3.8) is 0 Å². The van der Waals surface area contributed by atoms with Gasteiger partial charge >= 0.3 is 11.8 Å². The van der Waals surface area contributed by atoms with Crippen LogP contribution in [0.5, 0.6) is 5.75 Å². The summed E-state index contributed by atoms with van der Waals surface area (Å²) in [7, 11) is 1.54. The number of carbonyl (C=O) groups is 3. The molecule has 1 aliphatic carbocycles. The molecule has 0 saturated heterocycles. The summed E-state index contributed by atoms with van der Waals surface area (Å²) in [6.07, 6.45) is 4.28. The molecule has 0 heterocycles. The van der Waals surface area contributed by atoms with Gasteiger partial charge in [-0.15, -0.1) is 0 Å². The number of amides is 3. The van der Waals surface area contributed by atoms with E-state index in [0.29, 0.717) is 17.1 Å². The minimum absolute atomic E-state index is 0.00401. The molecule has 162 valence electrons. The van der Waals surface area contributed by atoms with Gasteiger partial charge < -0.3 is 15.4 Å². The van der Waals surface area contributed by atoms with E-state index < -0.39 is 11.8 Å². The lowest BCUT2D eigenvalue weighted by atomic mass is 9.90. The fourth-order valence-corrected chi connectivity index (χ4v) is 3.42. The van der Waals surface area contributed by atoms with Gasteiger partial charge in [0.1, 0.15) is 5.75 Å². The maximum absolute atomic E-state index is 12.4. The highest BCUT2D eigenvalue weighted by Gasteiger charge is 2.16. The molecular weight excluding hydrogens is 396 g/mol. The molecule has 0 saturated carbocycles. The Morgan fingerprint density at radius 2 is 1.71 bits per heavy atom. The van der Waals surface area contributed by atoms with Crippen LogP contribution in [0.4, 0.5) is 11.4 Å². The Hall–Kier alpha value is -3.68. The first-order valence-electron chi connectivity index (χ1n) is 10.2. The number of anilines is 2. The normalized spacial score (nSPS) is 13.0. The van der Waals surface area contributed by atoms with Crippen molar-refractivity contribution in [1.29, 1.82) is 0 Å². The number of nitrogens with zero attached hydrogens (tertiary/aromatic N) is 1. The fraction of sp³-hybridized carbons (Fsp3) is 0.304. The summed E-state index contributed by atoms with van der Waals surface area (Å²) >= 11 is 0. The molecule has 0 aliphatic heterocycles. The van der Waals surface area contributed by atoms with Crippen molar-refractivity contribution < 1.29 is 19.1 Å². The van der Waals surface area contributed by atoms with Crippen LogP contribution < -0.4 is 20.8 Å². The minimum Gasteiger partial charge on any atom is -0.497 e. The molecular formula is C23H26N4O4. The summed E-state index contributed by atoms with van der Waals surface area (Å²) < 4.78 is 5.04. The van der Waals surface area contributed by atoms with Gasteiger partial charge in [0.2, 0.25) is 5.91 Å². The van der Waals surface area contributed by atoms with Crippen molar-refractivity contribution in [2.24, 2.45) is 5.10 Å². The number of carbonyl (C=O) groups excluding carboxylic acids is 3. The van der Waals surface area contributed by atoms with Crippen LogP contribution in [0.25, 0.3) is 0 Å². The Labute approximate surface area is 181 Å². The van der Waals surface area contributed by atoms with E-state index in [4.69, 9.17) is 4.74 Å². The molecule has 8 heteroatoms. The molecule has 0 fully saturated rings.